The first-order chi connectivity index (χ1) is 22.5. The lowest BCUT2D eigenvalue weighted by molar-refractivity contribution is -0.141. The Bertz CT molecular complexity index is 1730. The SMILES string of the molecule is O=C(Cc1ccc(N2CCN(C(=O)Cc3ccccc3F)CC2)nc1)c1oc(N2CCC(c3cccc(Cl)c3)CC2)nc1C(F)(F)F. The van der Waals surface area contributed by atoms with Crippen molar-refractivity contribution >= 4 is 35.1 Å². The number of benzene rings is 2. The molecule has 2 aliphatic heterocycles. The number of Topliss-reactive ketones (excluding diaryl/α,β-unsaturated/α-hetero) is 1. The molecule has 2 aliphatic rings. The van der Waals surface area contributed by atoms with E-state index in [1.54, 1.807) is 46.2 Å². The minimum absolute atomic E-state index is 0.0150. The highest BCUT2D eigenvalue weighted by atomic mass is 35.5. The van der Waals surface area contributed by atoms with Gasteiger partial charge in [-0.05, 0) is 59.7 Å². The van der Waals surface area contributed by atoms with Crippen LogP contribution in [0.2, 0.25) is 5.02 Å². The third kappa shape index (κ3) is 7.59. The smallest absolute Gasteiger partial charge is 0.420 e. The van der Waals surface area contributed by atoms with Gasteiger partial charge in [-0.15, -0.1) is 0 Å². The zero-order chi connectivity index (χ0) is 33.1. The molecule has 0 bridgehead atoms. The molecule has 0 unspecified atom stereocenters. The predicted octanol–water partition coefficient (Wildman–Crippen LogP) is 6.58. The molecule has 2 saturated heterocycles. The highest BCUT2D eigenvalue weighted by Gasteiger charge is 2.42. The number of aromatic nitrogens is 2. The van der Waals surface area contributed by atoms with E-state index in [-0.39, 0.29) is 30.7 Å². The van der Waals surface area contributed by atoms with Crippen molar-refractivity contribution in [3.8, 4) is 0 Å². The molecule has 47 heavy (non-hydrogen) atoms. The number of ketones is 1. The topological polar surface area (TPSA) is 82.8 Å². The lowest BCUT2D eigenvalue weighted by Gasteiger charge is -2.35. The first kappa shape index (κ1) is 32.5. The molecule has 0 saturated carbocycles. The zero-order valence-electron chi connectivity index (χ0n) is 25.3. The monoisotopic (exact) mass is 669 g/mol. The summed E-state index contributed by atoms with van der Waals surface area (Å²) in [5, 5.41) is 0.630. The third-order valence-electron chi connectivity index (χ3n) is 8.65. The molecule has 246 valence electrons. The van der Waals surface area contributed by atoms with Crippen molar-refractivity contribution in [2.45, 2.75) is 37.8 Å². The maximum Gasteiger partial charge on any atom is 0.437 e. The molecule has 0 spiro atoms. The molecule has 6 rings (SSSR count). The van der Waals surface area contributed by atoms with Gasteiger partial charge in [0.2, 0.25) is 17.5 Å². The highest BCUT2D eigenvalue weighted by Crippen LogP contribution is 2.37. The number of piperazine rings is 1. The van der Waals surface area contributed by atoms with Crippen molar-refractivity contribution < 1.29 is 31.6 Å². The number of rotatable bonds is 8. The maximum atomic E-state index is 14.0. The molecule has 4 aromatic rings. The number of pyridine rings is 1. The summed E-state index contributed by atoms with van der Waals surface area (Å²) in [5.74, 6) is -1.41. The van der Waals surface area contributed by atoms with Crippen LogP contribution in [0.5, 0.6) is 0 Å². The van der Waals surface area contributed by atoms with Crippen LogP contribution in [0.25, 0.3) is 0 Å². The van der Waals surface area contributed by atoms with E-state index in [0.717, 1.165) is 5.56 Å². The van der Waals surface area contributed by atoms with Crippen LogP contribution in [0.1, 0.15) is 51.7 Å². The predicted molar refractivity (Wildman–Crippen MR) is 168 cm³/mol. The molecule has 2 aromatic heterocycles. The summed E-state index contributed by atoms with van der Waals surface area (Å²) in [6.07, 6.45) is -2.44. The van der Waals surface area contributed by atoms with E-state index in [4.69, 9.17) is 16.0 Å². The Hall–Kier alpha value is -4.45. The van der Waals surface area contributed by atoms with Crippen LogP contribution in [0, 0.1) is 5.82 Å². The van der Waals surface area contributed by atoms with Gasteiger partial charge in [0.15, 0.2) is 5.69 Å². The Kier molecular flexibility index (Phi) is 9.49. The molecule has 13 heteroatoms. The fourth-order valence-corrected chi connectivity index (χ4v) is 6.26. The van der Waals surface area contributed by atoms with Crippen LogP contribution in [-0.2, 0) is 23.8 Å². The number of piperidine rings is 1. The molecule has 0 aliphatic carbocycles. The fourth-order valence-electron chi connectivity index (χ4n) is 6.07. The highest BCUT2D eigenvalue weighted by molar-refractivity contribution is 6.30. The molecular weight excluding hydrogens is 638 g/mol. The minimum atomic E-state index is -4.87. The first-order valence-electron chi connectivity index (χ1n) is 15.4. The average Bonchev–Trinajstić information content (AvgIpc) is 3.53. The second kappa shape index (κ2) is 13.7. The Balaban J connectivity index is 1.06. The summed E-state index contributed by atoms with van der Waals surface area (Å²) in [6, 6.07) is 16.9. The Labute approximate surface area is 274 Å². The van der Waals surface area contributed by atoms with E-state index in [1.807, 2.05) is 23.1 Å². The van der Waals surface area contributed by atoms with Gasteiger partial charge >= 0.3 is 6.18 Å². The molecule has 0 radical (unpaired) electrons. The number of carbonyl (C=O) groups is 2. The van der Waals surface area contributed by atoms with E-state index in [2.05, 4.69) is 9.97 Å². The van der Waals surface area contributed by atoms with Gasteiger partial charge in [0.25, 0.3) is 6.01 Å². The van der Waals surface area contributed by atoms with Crippen molar-refractivity contribution in [2.75, 3.05) is 49.1 Å². The third-order valence-corrected chi connectivity index (χ3v) is 8.89. The van der Waals surface area contributed by atoms with Gasteiger partial charge in [0.1, 0.15) is 11.6 Å². The normalized spacial score (nSPS) is 16.1. The summed E-state index contributed by atoms with van der Waals surface area (Å²) >= 11 is 6.12. The molecule has 2 fully saturated rings. The van der Waals surface area contributed by atoms with Gasteiger partial charge in [-0.25, -0.2) is 9.37 Å². The van der Waals surface area contributed by atoms with Crippen LogP contribution in [0.4, 0.5) is 29.4 Å². The molecular formula is C34H32ClF4N5O3. The lowest BCUT2D eigenvalue weighted by Crippen LogP contribution is -2.49. The number of amides is 1. The van der Waals surface area contributed by atoms with Crippen molar-refractivity contribution in [1.82, 2.24) is 14.9 Å². The van der Waals surface area contributed by atoms with E-state index in [9.17, 15) is 27.2 Å². The molecule has 4 heterocycles. The first-order valence-corrected chi connectivity index (χ1v) is 15.8. The Morgan fingerprint density at radius 1 is 0.894 bits per heavy atom. The molecule has 1 amide bonds. The Morgan fingerprint density at radius 3 is 2.30 bits per heavy atom. The largest absolute Gasteiger partial charge is 0.437 e. The minimum Gasteiger partial charge on any atom is -0.420 e. The number of nitrogens with zero attached hydrogens (tertiary/aromatic N) is 5. The fraction of sp³-hybridized carbons (Fsp3) is 0.353. The van der Waals surface area contributed by atoms with Crippen LogP contribution < -0.4 is 9.80 Å². The molecule has 2 aromatic carbocycles. The van der Waals surface area contributed by atoms with Crippen molar-refractivity contribution in [1.29, 1.82) is 0 Å². The number of hydrogen-bond donors (Lipinski definition) is 0. The molecule has 8 nitrogen and oxygen atoms in total. The molecule has 0 atom stereocenters. The van der Waals surface area contributed by atoms with Crippen molar-refractivity contribution in [3.05, 3.63) is 106 Å². The van der Waals surface area contributed by atoms with Gasteiger partial charge in [-0.2, -0.15) is 18.2 Å². The van der Waals surface area contributed by atoms with Gasteiger partial charge in [0.05, 0.1) is 6.42 Å². The van der Waals surface area contributed by atoms with Crippen LogP contribution in [0.3, 0.4) is 0 Å². The standard InChI is InChI=1S/C34H32ClF4N5O3/c35-26-6-3-5-24(19-26)23-10-12-44(13-11-23)33-41-32(34(37,38)39)31(47-33)28(45)18-22-8-9-29(40-21-22)42-14-16-43(17-15-42)30(46)20-25-4-1-2-7-27(25)36/h1-9,19,21,23H,10-18,20H2. The van der Waals surface area contributed by atoms with Crippen molar-refractivity contribution in [2.24, 2.45) is 0 Å². The quantitative estimate of drug-likeness (QED) is 0.155. The van der Waals surface area contributed by atoms with E-state index >= 15 is 0 Å². The number of alkyl halides is 3. The second-order valence-electron chi connectivity index (χ2n) is 11.7. The van der Waals surface area contributed by atoms with Crippen LogP contribution in [0.15, 0.2) is 71.3 Å². The summed E-state index contributed by atoms with van der Waals surface area (Å²) in [5.41, 5.74) is 0.516. The summed E-state index contributed by atoms with van der Waals surface area (Å²) in [6.45, 7) is 2.70. The van der Waals surface area contributed by atoms with Gasteiger partial charge < -0.3 is 19.1 Å². The van der Waals surface area contributed by atoms with Crippen molar-refractivity contribution in [3.63, 3.8) is 0 Å². The van der Waals surface area contributed by atoms with Gasteiger partial charge in [-0.3, -0.25) is 9.59 Å². The maximum absolute atomic E-state index is 14.0. The van der Waals surface area contributed by atoms with E-state index in [0.29, 0.717) is 74.1 Å². The lowest BCUT2D eigenvalue weighted by atomic mass is 9.90. The number of halogens is 5. The Morgan fingerprint density at radius 2 is 1.64 bits per heavy atom. The van der Waals surface area contributed by atoms with E-state index < -0.39 is 29.2 Å². The number of carbonyl (C=O) groups excluding carboxylic acids is 2. The summed E-state index contributed by atoms with van der Waals surface area (Å²) in [4.78, 5) is 39.2. The molecule has 0 N–H and O–H groups in total. The average molecular weight is 670 g/mol. The summed E-state index contributed by atoms with van der Waals surface area (Å²) < 4.78 is 61.3. The zero-order valence-corrected chi connectivity index (χ0v) is 26.1. The number of oxazole rings is 1. The van der Waals surface area contributed by atoms with Gasteiger partial charge in [0, 0.05) is 56.9 Å². The van der Waals surface area contributed by atoms with Crippen LogP contribution >= 0.6 is 11.6 Å². The number of anilines is 2. The second-order valence-corrected chi connectivity index (χ2v) is 12.2. The number of hydrogen-bond acceptors (Lipinski definition) is 7. The van der Waals surface area contributed by atoms with Gasteiger partial charge in [-0.1, -0.05) is 48.0 Å². The van der Waals surface area contributed by atoms with E-state index in [1.165, 1.54) is 12.3 Å². The summed E-state index contributed by atoms with van der Waals surface area (Å²) in [7, 11) is 0. The van der Waals surface area contributed by atoms with Crippen LogP contribution in [-0.4, -0.2) is 65.8 Å².